The number of esters is 1. The molecule has 0 aliphatic carbocycles. The van der Waals surface area contributed by atoms with Crippen LogP contribution in [0.4, 0.5) is 13.6 Å². The quantitative estimate of drug-likeness (QED) is 0.294. The summed E-state index contributed by atoms with van der Waals surface area (Å²) >= 11 is 0. The van der Waals surface area contributed by atoms with Gasteiger partial charge < -0.3 is 18.9 Å². The van der Waals surface area contributed by atoms with Crippen molar-refractivity contribution in [2.45, 2.75) is 69.6 Å². The fourth-order valence-corrected chi connectivity index (χ4v) is 7.26. The molecule has 1 aromatic heterocycles. The molecule has 0 saturated carbocycles. The molecule has 0 N–H and O–H groups in total. The van der Waals surface area contributed by atoms with Gasteiger partial charge in [-0.05, 0) is 75.9 Å². The Labute approximate surface area is 249 Å². The largest absolute Gasteiger partial charge is 0.495 e. The van der Waals surface area contributed by atoms with Gasteiger partial charge in [0.2, 0.25) is 10.0 Å². The number of ether oxygens (including phenoxy) is 4. The summed E-state index contributed by atoms with van der Waals surface area (Å²) in [6.07, 6.45) is -2.23. The van der Waals surface area contributed by atoms with Gasteiger partial charge in [0, 0.05) is 18.1 Å². The maximum absolute atomic E-state index is 14.6. The first-order chi connectivity index (χ1) is 20.2. The van der Waals surface area contributed by atoms with Gasteiger partial charge in [-0.15, -0.1) is 0 Å². The molecule has 0 spiro atoms. The van der Waals surface area contributed by atoms with Crippen molar-refractivity contribution in [2.24, 2.45) is 0 Å². The molecule has 1 fully saturated rings. The molecule has 0 unspecified atom stereocenters. The highest BCUT2D eigenvalue weighted by Crippen LogP contribution is 2.42. The minimum Gasteiger partial charge on any atom is -0.495 e. The highest BCUT2D eigenvalue weighted by Gasteiger charge is 2.41. The van der Waals surface area contributed by atoms with Crippen LogP contribution in [-0.2, 0) is 24.2 Å². The molecule has 2 heterocycles. The van der Waals surface area contributed by atoms with Crippen LogP contribution in [0.3, 0.4) is 0 Å². The summed E-state index contributed by atoms with van der Waals surface area (Å²) in [6.45, 7) is 6.12. The number of hydrogen-bond acceptors (Lipinski definition) is 8. The van der Waals surface area contributed by atoms with Crippen molar-refractivity contribution in [1.82, 2.24) is 8.87 Å². The van der Waals surface area contributed by atoms with E-state index in [1.165, 1.54) is 47.5 Å². The van der Waals surface area contributed by atoms with Crippen LogP contribution in [-0.4, -0.2) is 74.9 Å². The van der Waals surface area contributed by atoms with Gasteiger partial charge in [0.1, 0.15) is 22.9 Å². The molecule has 0 bridgehead atoms. The molecule has 2 atom stereocenters. The number of fused-ring (bicyclic) bond motifs is 1. The first-order valence-corrected chi connectivity index (χ1v) is 15.1. The average Bonchev–Trinajstić information content (AvgIpc) is 3.40. The Hall–Kier alpha value is -3.55. The SMILES string of the molecule is COC(=O)c1ccc([C@@H]2C[C@@H](OCC(F)F)CCN2S(=O)(=O)c2c(OC)cc(C)c3c2ccn3C(=O)OC(C)(C)C)cc1. The number of alkyl halides is 2. The lowest BCUT2D eigenvalue weighted by atomic mass is 9.94. The number of benzene rings is 2. The average molecular weight is 623 g/mol. The van der Waals surface area contributed by atoms with Crippen LogP contribution in [0.15, 0.2) is 47.5 Å². The maximum atomic E-state index is 14.6. The Balaban J connectivity index is 1.83. The van der Waals surface area contributed by atoms with Gasteiger partial charge in [-0.25, -0.2) is 26.8 Å². The number of aryl methyl sites for hydroxylation is 1. The number of hydrogen-bond donors (Lipinski definition) is 0. The van der Waals surface area contributed by atoms with Gasteiger partial charge >= 0.3 is 12.1 Å². The molecule has 3 aromatic rings. The zero-order valence-electron chi connectivity index (χ0n) is 24.9. The minimum absolute atomic E-state index is 0.0367. The zero-order chi connectivity index (χ0) is 31.7. The standard InChI is InChI=1S/C30H36F2N2O8S/c1-18-15-24(39-5)27(22-12-13-33(26(18)22)29(36)42-30(2,3)4)43(37,38)34-14-11-21(41-17-25(31)32)16-23(34)19-7-9-20(10-8-19)28(35)40-6/h7-10,12-13,15,21,23,25H,11,14,16-17H2,1-6H3/t21-,23-/m0/s1. The van der Waals surface area contributed by atoms with E-state index < -0.39 is 52.9 Å². The second-order valence-corrected chi connectivity index (χ2v) is 13.1. The lowest BCUT2D eigenvalue weighted by Crippen LogP contribution is -2.43. The molecule has 2 aromatic carbocycles. The van der Waals surface area contributed by atoms with Crippen LogP contribution in [0.1, 0.15) is 61.1 Å². The lowest BCUT2D eigenvalue weighted by Gasteiger charge is -2.39. The van der Waals surface area contributed by atoms with Gasteiger partial charge in [-0.3, -0.25) is 4.57 Å². The van der Waals surface area contributed by atoms with Crippen LogP contribution < -0.4 is 4.74 Å². The Kier molecular flexibility index (Phi) is 9.48. The normalized spacial score (nSPS) is 18.2. The summed E-state index contributed by atoms with van der Waals surface area (Å²) in [6, 6.07) is 8.51. The van der Waals surface area contributed by atoms with E-state index in [9.17, 15) is 26.8 Å². The number of aromatic nitrogens is 1. The molecule has 1 saturated heterocycles. The summed E-state index contributed by atoms with van der Waals surface area (Å²) in [4.78, 5) is 24.9. The lowest BCUT2D eigenvalue weighted by molar-refractivity contribution is -0.0486. The van der Waals surface area contributed by atoms with Gasteiger partial charge in [0.15, 0.2) is 0 Å². The van der Waals surface area contributed by atoms with Gasteiger partial charge in [-0.2, -0.15) is 4.31 Å². The molecule has 4 rings (SSSR count). The zero-order valence-corrected chi connectivity index (χ0v) is 25.7. The summed E-state index contributed by atoms with van der Waals surface area (Å²) < 4.78 is 78.8. The van der Waals surface area contributed by atoms with Crippen LogP contribution in [0, 0.1) is 6.92 Å². The summed E-state index contributed by atoms with van der Waals surface area (Å²) in [5.41, 5.74) is 0.970. The van der Waals surface area contributed by atoms with Gasteiger partial charge in [0.05, 0.1) is 37.4 Å². The molecular formula is C30H36F2N2O8S. The van der Waals surface area contributed by atoms with Crippen LogP contribution >= 0.6 is 0 Å². The van der Waals surface area contributed by atoms with Gasteiger partial charge in [-0.1, -0.05) is 12.1 Å². The fourth-order valence-electron chi connectivity index (χ4n) is 5.30. The van der Waals surface area contributed by atoms with E-state index >= 15 is 0 Å². The van der Waals surface area contributed by atoms with E-state index in [1.54, 1.807) is 45.9 Å². The van der Waals surface area contributed by atoms with E-state index in [1.807, 2.05) is 0 Å². The third kappa shape index (κ3) is 6.84. The number of rotatable bonds is 8. The van der Waals surface area contributed by atoms with Crippen molar-refractivity contribution in [3.8, 4) is 5.75 Å². The molecule has 1 aliphatic rings. The van der Waals surface area contributed by atoms with E-state index in [4.69, 9.17) is 18.9 Å². The molecule has 234 valence electrons. The summed E-state index contributed by atoms with van der Waals surface area (Å²) in [5, 5.41) is 0.263. The molecule has 13 heteroatoms. The van der Waals surface area contributed by atoms with Crippen LogP contribution in [0.25, 0.3) is 10.9 Å². The van der Waals surface area contributed by atoms with Gasteiger partial charge in [0.25, 0.3) is 6.43 Å². The highest BCUT2D eigenvalue weighted by molar-refractivity contribution is 7.89. The summed E-state index contributed by atoms with van der Waals surface area (Å²) in [7, 11) is -1.72. The van der Waals surface area contributed by atoms with Crippen molar-refractivity contribution in [2.75, 3.05) is 27.4 Å². The first kappa shape index (κ1) is 32.4. The third-order valence-electron chi connectivity index (χ3n) is 7.13. The van der Waals surface area contributed by atoms with Crippen molar-refractivity contribution in [3.05, 3.63) is 59.3 Å². The number of piperidine rings is 1. The predicted octanol–water partition coefficient (Wildman–Crippen LogP) is 5.70. The number of sulfonamides is 1. The second-order valence-electron chi connectivity index (χ2n) is 11.3. The van der Waals surface area contributed by atoms with E-state index in [0.717, 1.165) is 0 Å². The third-order valence-corrected chi connectivity index (χ3v) is 9.12. The Morgan fingerprint density at radius 1 is 1.09 bits per heavy atom. The smallest absolute Gasteiger partial charge is 0.419 e. The Bertz CT molecular complexity index is 1600. The number of methoxy groups -OCH3 is 2. The molecular weight excluding hydrogens is 586 g/mol. The fraction of sp³-hybridized carbons (Fsp3) is 0.467. The number of halogens is 2. The maximum Gasteiger partial charge on any atom is 0.419 e. The van der Waals surface area contributed by atoms with Crippen molar-refractivity contribution < 1.29 is 45.7 Å². The van der Waals surface area contributed by atoms with Crippen molar-refractivity contribution in [3.63, 3.8) is 0 Å². The monoisotopic (exact) mass is 622 g/mol. The van der Waals surface area contributed by atoms with Crippen LogP contribution in [0.5, 0.6) is 5.75 Å². The topological polar surface area (TPSA) is 113 Å². The Morgan fingerprint density at radius 3 is 2.35 bits per heavy atom. The van der Waals surface area contributed by atoms with Crippen molar-refractivity contribution >= 4 is 33.0 Å². The highest BCUT2D eigenvalue weighted by atomic mass is 32.2. The summed E-state index contributed by atoms with van der Waals surface area (Å²) in [5.74, 6) is -0.470. The second kappa shape index (κ2) is 12.6. The molecule has 1 aliphatic heterocycles. The molecule has 0 amide bonds. The predicted molar refractivity (Wildman–Crippen MR) is 154 cm³/mol. The molecule has 0 radical (unpaired) electrons. The molecule has 10 nitrogen and oxygen atoms in total. The van der Waals surface area contributed by atoms with Crippen molar-refractivity contribution in [1.29, 1.82) is 0 Å². The van der Waals surface area contributed by atoms with E-state index in [0.29, 0.717) is 16.6 Å². The number of carbonyl (C=O) groups is 2. The first-order valence-electron chi connectivity index (χ1n) is 13.7. The van der Waals surface area contributed by atoms with Crippen LogP contribution in [0.2, 0.25) is 0 Å². The number of carbonyl (C=O) groups excluding carboxylic acids is 2. The molecule has 43 heavy (non-hydrogen) atoms. The number of nitrogens with zero attached hydrogens (tertiary/aromatic N) is 2. The van der Waals surface area contributed by atoms with E-state index in [2.05, 4.69) is 0 Å². The van der Waals surface area contributed by atoms with E-state index in [-0.39, 0.29) is 41.0 Å². The minimum atomic E-state index is -4.33. The Morgan fingerprint density at radius 2 is 1.77 bits per heavy atom.